The van der Waals surface area contributed by atoms with Crippen LogP contribution in [0.1, 0.15) is 0 Å². The number of nitrogens with zero attached hydrogens (tertiary/aromatic N) is 5. The fourth-order valence-electron chi connectivity index (χ4n) is 2.44. The van der Waals surface area contributed by atoms with E-state index in [1.807, 2.05) is 12.1 Å². The summed E-state index contributed by atoms with van der Waals surface area (Å²) >= 11 is 1.42. The number of aliphatic hydroxyl groups is 1. The van der Waals surface area contributed by atoms with Gasteiger partial charge in [0.25, 0.3) is 11.8 Å². The summed E-state index contributed by atoms with van der Waals surface area (Å²) < 4.78 is 1.61. The molecule has 9 nitrogen and oxygen atoms in total. The minimum Gasteiger partial charge on any atom is -0.395 e. The number of amides is 2. The molecule has 0 saturated carbocycles. The number of rotatable bonds is 5. The van der Waals surface area contributed by atoms with Crippen molar-refractivity contribution in [3.05, 3.63) is 42.4 Å². The predicted octanol–water partition coefficient (Wildman–Crippen LogP) is 0.510. The molecular weight excluding hydrogens is 344 g/mol. The largest absolute Gasteiger partial charge is 0.395 e. The maximum Gasteiger partial charge on any atom is 0.277 e. The van der Waals surface area contributed by atoms with Crippen LogP contribution in [0.3, 0.4) is 0 Å². The molecule has 0 bridgehead atoms. The van der Waals surface area contributed by atoms with Crippen molar-refractivity contribution in [2.24, 2.45) is 0 Å². The number of fused-ring (bicyclic) bond motifs is 1. The first-order valence-electron chi connectivity index (χ1n) is 7.38. The molecule has 0 aliphatic carbocycles. The first-order chi connectivity index (χ1) is 12.2. The summed E-state index contributed by atoms with van der Waals surface area (Å²) in [6.07, 6.45) is 2.77. The minimum atomic E-state index is -0.447. The molecule has 0 radical (unpaired) electrons. The van der Waals surface area contributed by atoms with Crippen LogP contribution in [0, 0.1) is 0 Å². The van der Waals surface area contributed by atoms with Gasteiger partial charge in [-0.25, -0.2) is 0 Å². The van der Waals surface area contributed by atoms with Crippen molar-refractivity contribution in [3.63, 3.8) is 0 Å². The molecule has 0 atom stereocenters. The number of hydrogen-bond acceptors (Lipinski definition) is 8. The van der Waals surface area contributed by atoms with Crippen molar-refractivity contribution < 1.29 is 14.7 Å². The fraction of sp³-hybridized carbons (Fsp3) is 0.133. The Labute approximate surface area is 145 Å². The molecule has 2 amide bonds. The van der Waals surface area contributed by atoms with Crippen LogP contribution in [-0.4, -0.2) is 54.8 Å². The molecule has 126 valence electrons. The van der Waals surface area contributed by atoms with Gasteiger partial charge >= 0.3 is 0 Å². The highest BCUT2D eigenvalue weighted by Crippen LogP contribution is 2.26. The SMILES string of the molecule is O=C1C=C(Nc2ccc(-c3nn4cnnc4s3)cc2)C(=O)N1CCO. The van der Waals surface area contributed by atoms with E-state index >= 15 is 0 Å². The third kappa shape index (κ3) is 2.77. The number of carbonyl (C=O) groups excluding carboxylic acids is 2. The van der Waals surface area contributed by atoms with Gasteiger partial charge in [0.1, 0.15) is 17.0 Å². The summed E-state index contributed by atoms with van der Waals surface area (Å²) in [5.41, 5.74) is 1.76. The van der Waals surface area contributed by atoms with E-state index in [4.69, 9.17) is 5.11 Å². The van der Waals surface area contributed by atoms with Crippen molar-refractivity contribution in [1.29, 1.82) is 0 Å². The smallest absolute Gasteiger partial charge is 0.277 e. The van der Waals surface area contributed by atoms with Crippen LogP contribution in [-0.2, 0) is 9.59 Å². The number of benzene rings is 1. The fourth-order valence-corrected chi connectivity index (χ4v) is 3.26. The predicted molar refractivity (Wildman–Crippen MR) is 89.6 cm³/mol. The maximum atomic E-state index is 12.1. The van der Waals surface area contributed by atoms with Gasteiger partial charge in [-0.15, -0.1) is 10.2 Å². The first-order valence-corrected chi connectivity index (χ1v) is 8.20. The molecule has 25 heavy (non-hydrogen) atoms. The lowest BCUT2D eigenvalue weighted by atomic mass is 10.2. The highest BCUT2D eigenvalue weighted by Gasteiger charge is 2.30. The molecule has 0 spiro atoms. The van der Waals surface area contributed by atoms with Gasteiger partial charge in [-0.2, -0.15) is 9.61 Å². The second-order valence-corrected chi connectivity index (χ2v) is 6.20. The lowest BCUT2D eigenvalue weighted by Crippen LogP contribution is -2.34. The van der Waals surface area contributed by atoms with Gasteiger partial charge in [0.2, 0.25) is 4.96 Å². The van der Waals surface area contributed by atoms with Gasteiger partial charge in [-0.3, -0.25) is 14.5 Å². The zero-order valence-corrected chi connectivity index (χ0v) is 13.6. The molecule has 0 unspecified atom stereocenters. The Morgan fingerprint density at radius 1 is 1.20 bits per heavy atom. The number of β-amino-alcohol motifs (C(OH)–C–C–N with tert-alkyl or cyclic N) is 1. The van der Waals surface area contributed by atoms with E-state index in [9.17, 15) is 9.59 Å². The maximum absolute atomic E-state index is 12.1. The van der Waals surface area contributed by atoms with Crippen LogP contribution in [0.25, 0.3) is 15.5 Å². The summed E-state index contributed by atoms with van der Waals surface area (Å²) in [5, 5.41) is 24.7. The number of hydrogen-bond donors (Lipinski definition) is 2. The van der Waals surface area contributed by atoms with Crippen LogP contribution in [0.4, 0.5) is 5.69 Å². The van der Waals surface area contributed by atoms with E-state index < -0.39 is 11.8 Å². The second-order valence-electron chi connectivity index (χ2n) is 5.24. The molecule has 1 aromatic carbocycles. The van der Waals surface area contributed by atoms with Crippen molar-refractivity contribution in [3.8, 4) is 10.6 Å². The van der Waals surface area contributed by atoms with Crippen molar-refractivity contribution in [2.75, 3.05) is 18.5 Å². The van der Waals surface area contributed by atoms with Gasteiger partial charge in [0, 0.05) is 17.3 Å². The third-order valence-corrected chi connectivity index (χ3v) is 4.59. The molecule has 0 saturated heterocycles. The van der Waals surface area contributed by atoms with Crippen LogP contribution in [0.5, 0.6) is 0 Å². The molecule has 1 aliphatic rings. The van der Waals surface area contributed by atoms with Gasteiger partial charge < -0.3 is 10.4 Å². The number of imide groups is 1. The Balaban J connectivity index is 1.51. The average Bonchev–Trinajstić information content (AvgIpc) is 3.26. The second kappa shape index (κ2) is 6.07. The summed E-state index contributed by atoms with van der Waals surface area (Å²) in [7, 11) is 0. The van der Waals surface area contributed by atoms with Crippen LogP contribution < -0.4 is 5.32 Å². The first kappa shape index (κ1) is 15.4. The monoisotopic (exact) mass is 356 g/mol. The van der Waals surface area contributed by atoms with Gasteiger partial charge in [-0.05, 0) is 24.3 Å². The number of anilines is 1. The normalized spacial score (nSPS) is 14.4. The van der Waals surface area contributed by atoms with E-state index in [-0.39, 0.29) is 18.8 Å². The standard InChI is InChI=1S/C15H12N6O3S/c22-6-5-20-12(23)7-11(14(20)24)17-10-3-1-9(2-4-10)13-19-21-8-16-18-15(21)25-13/h1-4,7-8,17,22H,5-6H2. The van der Waals surface area contributed by atoms with Crippen molar-refractivity contribution in [2.45, 2.75) is 0 Å². The molecule has 0 fully saturated rings. The molecule has 3 heterocycles. The van der Waals surface area contributed by atoms with E-state index in [1.165, 1.54) is 17.4 Å². The van der Waals surface area contributed by atoms with Gasteiger partial charge in [0.15, 0.2) is 0 Å². The highest BCUT2D eigenvalue weighted by molar-refractivity contribution is 7.19. The lowest BCUT2D eigenvalue weighted by molar-refractivity contribution is -0.137. The van der Waals surface area contributed by atoms with Crippen LogP contribution >= 0.6 is 11.3 Å². The van der Waals surface area contributed by atoms with Gasteiger partial charge in [0.05, 0.1) is 13.2 Å². The Hall–Kier alpha value is -3.11. The molecule has 4 rings (SSSR count). The molecule has 3 aromatic rings. The quantitative estimate of drug-likeness (QED) is 0.641. The van der Waals surface area contributed by atoms with E-state index in [0.717, 1.165) is 15.5 Å². The van der Waals surface area contributed by atoms with E-state index in [2.05, 4.69) is 20.6 Å². The number of aliphatic hydroxyl groups excluding tert-OH is 1. The highest BCUT2D eigenvalue weighted by atomic mass is 32.1. The van der Waals surface area contributed by atoms with Crippen molar-refractivity contribution >= 4 is 33.8 Å². The van der Waals surface area contributed by atoms with Gasteiger partial charge in [-0.1, -0.05) is 11.3 Å². The summed E-state index contributed by atoms with van der Waals surface area (Å²) in [6.45, 7) is -0.279. The Morgan fingerprint density at radius 2 is 2.00 bits per heavy atom. The molecule has 2 N–H and O–H groups in total. The van der Waals surface area contributed by atoms with E-state index in [0.29, 0.717) is 10.6 Å². The van der Waals surface area contributed by atoms with Crippen LogP contribution in [0.15, 0.2) is 42.4 Å². The molecule has 10 heteroatoms. The number of aromatic nitrogens is 4. The van der Waals surface area contributed by atoms with Crippen molar-refractivity contribution in [1.82, 2.24) is 24.7 Å². The zero-order valence-electron chi connectivity index (χ0n) is 12.8. The summed E-state index contributed by atoms with van der Waals surface area (Å²) in [5.74, 6) is -0.880. The molecular formula is C15H12N6O3S. The Kier molecular flexibility index (Phi) is 3.75. The third-order valence-electron chi connectivity index (χ3n) is 3.63. The lowest BCUT2D eigenvalue weighted by Gasteiger charge is -2.13. The average molecular weight is 356 g/mol. The number of carbonyl (C=O) groups is 2. The summed E-state index contributed by atoms with van der Waals surface area (Å²) in [4.78, 5) is 25.5. The minimum absolute atomic E-state index is 0.0149. The zero-order chi connectivity index (χ0) is 17.4. The van der Waals surface area contributed by atoms with Crippen LogP contribution in [0.2, 0.25) is 0 Å². The molecule has 2 aromatic heterocycles. The van der Waals surface area contributed by atoms with E-state index in [1.54, 1.807) is 23.0 Å². The molecule has 1 aliphatic heterocycles. The summed E-state index contributed by atoms with van der Waals surface area (Å²) in [6, 6.07) is 7.32. The Bertz CT molecular complexity index is 962. The Morgan fingerprint density at radius 3 is 2.72 bits per heavy atom. The number of nitrogens with one attached hydrogen (secondary N) is 1. The topological polar surface area (TPSA) is 113 Å².